The number of halogens is 1. The monoisotopic (exact) mass is 316 g/mol. The van der Waals surface area contributed by atoms with Crippen molar-refractivity contribution in [2.24, 2.45) is 0 Å². The second-order valence-corrected chi connectivity index (χ2v) is 5.23. The molecule has 2 aromatic rings. The number of aryl methyl sites for hydroxylation is 1. The van der Waals surface area contributed by atoms with E-state index in [1.165, 1.54) is 12.1 Å². The lowest BCUT2D eigenvalue weighted by Crippen LogP contribution is -2.07. The van der Waals surface area contributed by atoms with Gasteiger partial charge in [0.2, 0.25) is 0 Å². The molecule has 0 atom stereocenters. The normalized spacial score (nSPS) is 10.3. The van der Waals surface area contributed by atoms with E-state index in [0.29, 0.717) is 11.3 Å². The largest absolute Gasteiger partial charge is 0.488 e. The Labute approximate surface area is 133 Å². The van der Waals surface area contributed by atoms with E-state index < -0.39 is 5.97 Å². The Hall–Kier alpha value is -2.69. The maximum Gasteiger partial charge on any atom is 0.303 e. The maximum absolute atomic E-state index is 12.9. The first-order valence-corrected chi connectivity index (χ1v) is 7.18. The molecule has 0 saturated heterocycles. The van der Waals surface area contributed by atoms with Crippen molar-refractivity contribution in [1.29, 1.82) is 0 Å². The lowest BCUT2D eigenvalue weighted by molar-refractivity contribution is -0.136. The molecule has 0 unspecified atom stereocenters. The number of ether oxygens (including phenoxy) is 1. The van der Waals surface area contributed by atoms with Crippen LogP contribution in [-0.2, 0) is 11.4 Å². The Balaban J connectivity index is 2.12. The highest BCUT2D eigenvalue weighted by molar-refractivity contribution is 6.00. The Bertz CT molecular complexity index is 707. The Morgan fingerprint density at radius 1 is 1.09 bits per heavy atom. The lowest BCUT2D eigenvalue weighted by atomic mass is 10.0. The standard InChI is InChI=1S/C18H17FO4/c1-12-2-8-17(15(10-12)16(20)7-9-18(21)22)23-11-13-3-5-14(19)6-4-13/h2-6,8,10H,7,9,11H2,1H3,(H,21,22). The number of ketones is 1. The molecule has 23 heavy (non-hydrogen) atoms. The molecule has 120 valence electrons. The van der Waals surface area contributed by atoms with Crippen molar-refractivity contribution in [2.45, 2.75) is 26.4 Å². The lowest BCUT2D eigenvalue weighted by Gasteiger charge is -2.12. The van der Waals surface area contributed by atoms with Crippen LogP contribution in [0.4, 0.5) is 4.39 Å². The van der Waals surface area contributed by atoms with Crippen molar-refractivity contribution in [3.8, 4) is 5.75 Å². The third kappa shape index (κ3) is 4.92. The van der Waals surface area contributed by atoms with E-state index >= 15 is 0 Å². The van der Waals surface area contributed by atoms with Crippen molar-refractivity contribution in [1.82, 2.24) is 0 Å². The zero-order valence-corrected chi connectivity index (χ0v) is 12.7. The van der Waals surface area contributed by atoms with Gasteiger partial charge < -0.3 is 9.84 Å². The van der Waals surface area contributed by atoms with Crippen LogP contribution in [0.5, 0.6) is 5.75 Å². The van der Waals surface area contributed by atoms with Crippen LogP contribution >= 0.6 is 0 Å². The zero-order valence-electron chi connectivity index (χ0n) is 12.7. The summed E-state index contributed by atoms with van der Waals surface area (Å²) in [6.07, 6.45) is -0.296. The van der Waals surface area contributed by atoms with Crippen molar-refractivity contribution in [3.63, 3.8) is 0 Å². The van der Waals surface area contributed by atoms with Crippen molar-refractivity contribution in [2.75, 3.05) is 0 Å². The van der Waals surface area contributed by atoms with Gasteiger partial charge in [-0.05, 0) is 36.8 Å². The topological polar surface area (TPSA) is 63.6 Å². The van der Waals surface area contributed by atoms with E-state index in [4.69, 9.17) is 9.84 Å². The van der Waals surface area contributed by atoms with Crippen LogP contribution in [0.3, 0.4) is 0 Å². The molecule has 4 nitrogen and oxygen atoms in total. The zero-order chi connectivity index (χ0) is 16.8. The first-order chi connectivity index (χ1) is 11.0. The SMILES string of the molecule is Cc1ccc(OCc2ccc(F)cc2)c(C(=O)CCC(=O)O)c1. The Kier molecular flexibility index (Phi) is 5.46. The summed E-state index contributed by atoms with van der Waals surface area (Å²) in [7, 11) is 0. The highest BCUT2D eigenvalue weighted by Gasteiger charge is 2.14. The number of Topliss-reactive ketones (excluding diaryl/α,β-unsaturated/α-hetero) is 1. The van der Waals surface area contributed by atoms with Gasteiger partial charge in [0.15, 0.2) is 5.78 Å². The van der Waals surface area contributed by atoms with Gasteiger partial charge >= 0.3 is 5.97 Å². The second kappa shape index (κ2) is 7.54. The van der Waals surface area contributed by atoms with E-state index in [9.17, 15) is 14.0 Å². The number of carboxylic acids is 1. The number of hydrogen-bond donors (Lipinski definition) is 1. The molecule has 0 amide bonds. The van der Waals surface area contributed by atoms with Crippen LogP contribution in [0.15, 0.2) is 42.5 Å². The van der Waals surface area contributed by atoms with E-state index in [-0.39, 0.29) is 31.0 Å². The van der Waals surface area contributed by atoms with Gasteiger partial charge in [-0.15, -0.1) is 0 Å². The van der Waals surface area contributed by atoms with Crippen molar-refractivity contribution in [3.05, 3.63) is 65.0 Å². The van der Waals surface area contributed by atoms with E-state index in [0.717, 1.165) is 11.1 Å². The van der Waals surface area contributed by atoms with Gasteiger partial charge in [0.05, 0.1) is 12.0 Å². The molecule has 2 aromatic carbocycles. The van der Waals surface area contributed by atoms with E-state index in [2.05, 4.69) is 0 Å². The Morgan fingerprint density at radius 2 is 1.78 bits per heavy atom. The fraction of sp³-hybridized carbons (Fsp3) is 0.222. The van der Waals surface area contributed by atoms with Crippen LogP contribution in [0.1, 0.15) is 34.3 Å². The van der Waals surface area contributed by atoms with Gasteiger partial charge in [-0.2, -0.15) is 0 Å². The average Bonchev–Trinajstić information content (AvgIpc) is 2.53. The minimum atomic E-state index is -1.01. The van der Waals surface area contributed by atoms with Crippen LogP contribution in [0.25, 0.3) is 0 Å². The molecule has 0 aliphatic heterocycles. The van der Waals surface area contributed by atoms with Gasteiger partial charge in [0, 0.05) is 6.42 Å². The molecular weight excluding hydrogens is 299 g/mol. The molecule has 0 aromatic heterocycles. The summed E-state index contributed by atoms with van der Waals surface area (Å²) >= 11 is 0. The minimum Gasteiger partial charge on any atom is -0.488 e. The van der Waals surface area contributed by atoms with Crippen LogP contribution in [-0.4, -0.2) is 16.9 Å². The predicted molar refractivity (Wildman–Crippen MR) is 83.1 cm³/mol. The highest BCUT2D eigenvalue weighted by atomic mass is 19.1. The number of benzene rings is 2. The Morgan fingerprint density at radius 3 is 2.43 bits per heavy atom. The quantitative estimate of drug-likeness (QED) is 0.790. The smallest absolute Gasteiger partial charge is 0.303 e. The summed E-state index contributed by atoms with van der Waals surface area (Å²) in [4.78, 5) is 22.8. The van der Waals surface area contributed by atoms with Gasteiger partial charge in [0.1, 0.15) is 18.2 Å². The van der Waals surface area contributed by atoms with Crippen LogP contribution in [0, 0.1) is 12.7 Å². The average molecular weight is 316 g/mol. The summed E-state index contributed by atoms with van der Waals surface area (Å²) in [6.45, 7) is 2.04. The maximum atomic E-state index is 12.9. The molecule has 0 fully saturated rings. The predicted octanol–water partition coefficient (Wildman–Crippen LogP) is 3.76. The fourth-order valence-electron chi connectivity index (χ4n) is 2.08. The molecule has 0 spiro atoms. The number of carbonyl (C=O) groups excluding carboxylic acids is 1. The van der Waals surface area contributed by atoms with Crippen LogP contribution in [0.2, 0.25) is 0 Å². The van der Waals surface area contributed by atoms with Gasteiger partial charge in [-0.1, -0.05) is 23.8 Å². The molecule has 0 aliphatic carbocycles. The number of carbonyl (C=O) groups is 2. The minimum absolute atomic E-state index is 0.0777. The van der Waals surface area contributed by atoms with Crippen molar-refractivity contribution < 1.29 is 23.8 Å². The molecule has 0 aliphatic rings. The van der Waals surface area contributed by atoms with Crippen LogP contribution < -0.4 is 4.74 Å². The molecule has 0 heterocycles. The number of carboxylic acid groups (broad SMARTS) is 1. The molecule has 1 N–H and O–H groups in total. The van der Waals surface area contributed by atoms with E-state index in [1.54, 1.807) is 24.3 Å². The third-order valence-corrected chi connectivity index (χ3v) is 3.31. The molecule has 0 radical (unpaired) electrons. The first-order valence-electron chi connectivity index (χ1n) is 7.18. The first kappa shape index (κ1) is 16.7. The molecular formula is C18H17FO4. The molecule has 2 rings (SSSR count). The van der Waals surface area contributed by atoms with Gasteiger partial charge in [0.25, 0.3) is 0 Å². The third-order valence-electron chi connectivity index (χ3n) is 3.31. The highest BCUT2D eigenvalue weighted by Crippen LogP contribution is 2.23. The summed E-state index contributed by atoms with van der Waals surface area (Å²) in [5.74, 6) is -1.21. The molecule has 5 heteroatoms. The number of aliphatic carboxylic acids is 1. The molecule has 0 bridgehead atoms. The summed E-state index contributed by atoms with van der Waals surface area (Å²) in [6, 6.07) is 11.1. The molecule has 0 saturated carbocycles. The van der Waals surface area contributed by atoms with E-state index in [1.807, 2.05) is 13.0 Å². The summed E-state index contributed by atoms with van der Waals surface area (Å²) in [5.41, 5.74) is 2.03. The van der Waals surface area contributed by atoms with Gasteiger partial charge in [-0.25, -0.2) is 4.39 Å². The second-order valence-electron chi connectivity index (χ2n) is 5.23. The van der Waals surface area contributed by atoms with Crippen molar-refractivity contribution >= 4 is 11.8 Å². The number of rotatable bonds is 7. The summed E-state index contributed by atoms with van der Waals surface area (Å²) in [5, 5.41) is 8.69. The fourth-order valence-corrected chi connectivity index (χ4v) is 2.08. The summed E-state index contributed by atoms with van der Waals surface area (Å²) < 4.78 is 18.5. The van der Waals surface area contributed by atoms with Gasteiger partial charge in [-0.3, -0.25) is 9.59 Å². The number of hydrogen-bond acceptors (Lipinski definition) is 3.